The Bertz CT molecular complexity index is 1720. The van der Waals surface area contributed by atoms with Crippen molar-refractivity contribution in [3.8, 4) is 22.9 Å². The minimum Gasteiger partial charge on any atom is -0.493 e. The molecule has 9 heteroatoms. The number of carbonyl (C=O) groups is 1. The number of para-hydroxylation sites is 2. The largest absolute Gasteiger partial charge is 0.493 e. The molecule has 0 radical (unpaired) electrons. The second kappa shape index (κ2) is 11.7. The molecular weight excluding hydrogens is 560 g/mol. The maximum absolute atomic E-state index is 13.4. The first kappa shape index (κ1) is 25.9. The molecule has 0 atom stereocenters. The Morgan fingerprint density at radius 1 is 0.974 bits per heavy atom. The van der Waals surface area contributed by atoms with Gasteiger partial charge in [-0.25, -0.2) is 4.98 Å². The van der Waals surface area contributed by atoms with Crippen LogP contribution in [0.15, 0.2) is 111 Å². The van der Waals surface area contributed by atoms with Crippen LogP contribution in [-0.4, -0.2) is 35.5 Å². The van der Waals surface area contributed by atoms with Crippen molar-refractivity contribution < 1.29 is 14.3 Å². The van der Waals surface area contributed by atoms with Gasteiger partial charge in [0.05, 0.1) is 24.2 Å². The van der Waals surface area contributed by atoms with Gasteiger partial charge in [0.2, 0.25) is 0 Å². The lowest BCUT2D eigenvalue weighted by Crippen LogP contribution is -2.20. The third-order valence-electron chi connectivity index (χ3n) is 5.80. The number of methoxy groups -OCH3 is 1. The van der Waals surface area contributed by atoms with E-state index in [4.69, 9.17) is 14.5 Å². The van der Waals surface area contributed by atoms with Crippen LogP contribution in [0, 0.1) is 0 Å². The van der Waals surface area contributed by atoms with Gasteiger partial charge < -0.3 is 14.8 Å². The number of ether oxygens (including phenoxy) is 2. The Kier molecular flexibility index (Phi) is 7.79. The summed E-state index contributed by atoms with van der Waals surface area (Å²) < 4.78 is 13.1. The average molecular weight is 583 g/mol. The Morgan fingerprint density at radius 2 is 1.67 bits per heavy atom. The maximum atomic E-state index is 13.4. The summed E-state index contributed by atoms with van der Waals surface area (Å²) in [4.78, 5) is 30.4. The summed E-state index contributed by atoms with van der Waals surface area (Å²) >= 11 is 3.54. The van der Waals surface area contributed by atoms with Gasteiger partial charge in [0.15, 0.2) is 23.9 Å². The summed E-state index contributed by atoms with van der Waals surface area (Å²) in [6.07, 6.45) is 1.54. The van der Waals surface area contributed by atoms with E-state index in [1.54, 1.807) is 48.7 Å². The summed E-state index contributed by atoms with van der Waals surface area (Å²) in [5.74, 6) is 0.892. The number of nitrogens with zero attached hydrogens (tertiary/aromatic N) is 3. The first-order valence-corrected chi connectivity index (χ1v) is 12.8. The van der Waals surface area contributed by atoms with Crippen molar-refractivity contribution in [2.24, 2.45) is 5.10 Å². The normalized spacial score (nSPS) is 11.0. The number of hydrogen-bond donors (Lipinski definition) is 1. The fourth-order valence-corrected chi connectivity index (χ4v) is 4.33. The summed E-state index contributed by atoms with van der Waals surface area (Å²) in [5, 5.41) is 7.75. The summed E-state index contributed by atoms with van der Waals surface area (Å²) in [6.45, 7) is -0.205. The van der Waals surface area contributed by atoms with E-state index in [1.807, 2.05) is 54.6 Å². The van der Waals surface area contributed by atoms with E-state index in [0.717, 1.165) is 5.56 Å². The molecule has 5 aromatic rings. The molecule has 39 heavy (non-hydrogen) atoms. The van der Waals surface area contributed by atoms with Gasteiger partial charge in [-0.05, 0) is 52.3 Å². The molecule has 0 aliphatic rings. The lowest BCUT2D eigenvalue weighted by molar-refractivity contribution is -0.118. The van der Waals surface area contributed by atoms with Gasteiger partial charge in [0.1, 0.15) is 0 Å². The van der Waals surface area contributed by atoms with E-state index in [9.17, 15) is 9.59 Å². The highest BCUT2D eigenvalue weighted by Crippen LogP contribution is 2.33. The van der Waals surface area contributed by atoms with E-state index in [0.29, 0.717) is 43.9 Å². The number of nitrogens with one attached hydrogen (secondary N) is 1. The number of benzene rings is 4. The number of hydrogen-bond acceptors (Lipinski definition) is 6. The second-order valence-corrected chi connectivity index (χ2v) is 9.26. The summed E-state index contributed by atoms with van der Waals surface area (Å²) in [6, 6.07) is 29.1. The summed E-state index contributed by atoms with van der Waals surface area (Å²) in [5.41, 5.74) is 2.37. The topological polar surface area (TPSA) is 94.8 Å². The highest BCUT2D eigenvalue weighted by Gasteiger charge is 2.14. The third-order valence-corrected chi connectivity index (χ3v) is 6.48. The molecule has 194 valence electrons. The predicted molar refractivity (Wildman–Crippen MR) is 156 cm³/mol. The lowest BCUT2D eigenvalue weighted by Gasteiger charge is -2.13. The fraction of sp³-hybridized carbons (Fsp3) is 0.0667. The van der Waals surface area contributed by atoms with Gasteiger partial charge in [-0.1, -0.05) is 60.7 Å². The number of carbonyl (C=O) groups excluding carboxylic acids is 1. The van der Waals surface area contributed by atoms with Crippen LogP contribution in [0.2, 0.25) is 0 Å². The number of halogens is 1. The Hall–Kier alpha value is -4.76. The molecule has 4 aromatic carbocycles. The van der Waals surface area contributed by atoms with Crippen molar-refractivity contribution in [3.05, 3.63) is 117 Å². The van der Waals surface area contributed by atoms with Crippen molar-refractivity contribution in [1.82, 2.24) is 9.66 Å². The Balaban J connectivity index is 1.44. The van der Waals surface area contributed by atoms with Crippen LogP contribution < -0.4 is 20.3 Å². The molecule has 8 nitrogen and oxygen atoms in total. The number of amides is 1. The Morgan fingerprint density at radius 3 is 2.41 bits per heavy atom. The van der Waals surface area contributed by atoms with Crippen LogP contribution in [0.1, 0.15) is 5.56 Å². The molecule has 0 aliphatic carbocycles. The predicted octanol–water partition coefficient (Wildman–Crippen LogP) is 5.73. The molecule has 5 rings (SSSR count). The van der Waals surface area contributed by atoms with Crippen molar-refractivity contribution in [2.45, 2.75) is 0 Å². The van der Waals surface area contributed by atoms with Crippen LogP contribution >= 0.6 is 15.9 Å². The smallest absolute Gasteiger partial charge is 0.282 e. The highest BCUT2D eigenvalue weighted by molar-refractivity contribution is 9.10. The maximum Gasteiger partial charge on any atom is 0.282 e. The molecule has 0 bridgehead atoms. The minimum atomic E-state index is -0.304. The van der Waals surface area contributed by atoms with E-state index in [1.165, 1.54) is 11.8 Å². The number of aromatic nitrogens is 2. The van der Waals surface area contributed by atoms with Gasteiger partial charge in [-0.3, -0.25) is 9.59 Å². The molecule has 1 aromatic heterocycles. The number of anilines is 1. The first-order chi connectivity index (χ1) is 19.0. The molecular formula is C30H23BrN4O4. The van der Waals surface area contributed by atoms with E-state index >= 15 is 0 Å². The van der Waals surface area contributed by atoms with Crippen molar-refractivity contribution in [3.63, 3.8) is 0 Å². The van der Waals surface area contributed by atoms with Crippen LogP contribution in [0.4, 0.5) is 5.69 Å². The number of rotatable bonds is 8. The molecule has 0 unspecified atom stereocenters. The second-order valence-electron chi connectivity index (χ2n) is 8.41. The fourth-order valence-electron chi connectivity index (χ4n) is 3.91. The van der Waals surface area contributed by atoms with E-state index in [2.05, 4.69) is 26.3 Å². The average Bonchev–Trinajstić information content (AvgIpc) is 2.97. The zero-order valence-corrected chi connectivity index (χ0v) is 22.5. The van der Waals surface area contributed by atoms with Gasteiger partial charge in [-0.2, -0.15) is 9.78 Å². The molecule has 1 heterocycles. The minimum absolute atomic E-state index is 0.205. The molecule has 0 saturated carbocycles. The molecule has 0 saturated heterocycles. The SMILES string of the molecule is COc1cc(C=Nn2c(-c3ccccc3)nc3ccccc3c2=O)c(Br)cc1OCC(=O)Nc1ccccc1. The first-order valence-electron chi connectivity index (χ1n) is 12.0. The Labute approximate surface area is 232 Å². The standard InChI is InChI=1S/C30H23BrN4O4/c1-38-26-16-21(24(31)17-27(26)39-19-28(36)33-22-12-6-3-7-13-22)18-32-35-29(20-10-4-2-5-11-20)34-25-15-9-8-14-23(25)30(35)37/h2-18H,19H2,1H3,(H,33,36). The number of fused-ring (bicyclic) bond motifs is 1. The monoisotopic (exact) mass is 582 g/mol. The van der Waals surface area contributed by atoms with Crippen LogP contribution in [0.25, 0.3) is 22.3 Å². The molecule has 0 spiro atoms. The van der Waals surface area contributed by atoms with Crippen LogP contribution in [-0.2, 0) is 4.79 Å². The third kappa shape index (κ3) is 5.89. The van der Waals surface area contributed by atoms with Gasteiger partial charge >= 0.3 is 0 Å². The quantitative estimate of drug-likeness (QED) is 0.236. The van der Waals surface area contributed by atoms with Crippen LogP contribution in [0.5, 0.6) is 11.5 Å². The van der Waals surface area contributed by atoms with E-state index in [-0.39, 0.29) is 18.1 Å². The van der Waals surface area contributed by atoms with Gasteiger partial charge in [0.25, 0.3) is 11.5 Å². The molecule has 1 N–H and O–H groups in total. The zero-order chi connectivity index (χ0) is 27.2. The highest BCUT2D eigenvalue weighted by atomic mass is 79.9. The summed E-state index contributed by atoms with van der Waals surface area (Å²) in [7, 11) is 1.51. The van der Waals surface area contributed by atoms with Crippen molar-refractivity contribution >= 4 is 44.6 Å². The van der Waals surface area contributed by atoms with E-state index < -0.39 is 0 Å². The van der Waals surface area contributed by atoms with Gasteiger partial charge in [0, 0.05) is 21.3 Å². The van der Waals surface area contributed by atoms with Crippen molar-refractivity contribution in [1.29, 1.82) is 0 Å². The zero-order valence-electron chi connectivity index (χ0n) is 20.9. The molecule has 0 aliphatic heterocycles. The molecule has 0 fully saturated rings. The lowest BCUT2D eigenvalue weighted by atomic mass is 10.2. The molecule has 1 amide bonds. The van der Waals surface area contributed by atoms with Crippen molar-refractivity contribution in [2.75, 3.05) is 19.0 Å². The van der Waals surface area contributed by atoms with Crippen LogP contribution in [0.3, 0.4) is 0 Å². The van der Waals surface area contributed by atoms with Gasteiger partial charge in [-0.15, -0.1) is 0 Å².